The minimum absolute atomic E-state index is 0.583. The maximum absolute atomic E-state index is 6.52. The Morgan fingerprint density at radius 3 is 1.79 bits per heavy atom. The quantitative estimate of drug-likeness (QED) is 0.170. The summed E-state index contributed by atoms with van der Waals surface area (Å²) in [6.07, 6.45) is 0. The Bertz CT molecular complexity index is 3550. The zero-order chi connectivity index (χ0) is 36.7. The van der Waals surface area contributed by atoms with Crippen LogP contribution in [0.2, 0.25) is 0 Å². The molecule has 260 valence electrons. The summed E-state index contributed by atoms with van der Waals surface area (Å²) in [5.41, 5.74) is 8.30. The summed E-state index contributed by atoms with van der Waals surface area (Å²) in [4.78, 5) is 15.7. The molecule has 0 atom stereocenters. The molecule has 5 heteroatoms. The number of benzene rings is 9. The molecule has 12 rings (SSSR count). The Labute approximate surface area is 320 Å². The highest BCUT2D eigenvalue weighted by molar-refractivity contribution is 6.19. The molecule has 0 bridgehead atoms. The minimum atomic E-state index is 0.583. The molecule has 0 aliphatic carbocycles. The molecule has 3 aromatic heterocycles. The van der Waals surface area contributed by atoms with Gasteiger partial charge in [0.25, 0.3) is 0 Å². The van der Waals surface area contributed by atoms with Crippen molar-refractivity contribution >= 4 is 76.2 Å². The molecule has 9 aromatic carbocycles. The van der Waals surface area contributed by atoms with Crippen molar-refractivity contribution in [3.05, 3.63) is 176 Å². The number of hydrogen-bond acceptors (Lipinski definition) is 5. The van der Waals surface area contributed by atoms with Gasteiger partial charge in [0.2, 0.25) is 0 Å². The summed E-state index contributed by atoms with van der Waals surface area (Å²) in [5, 5.41) is 11.1. The van der Waals surface area contributed by atoms with Crippen molar-refractivity contribution < 1.29 is 8.83 Å². The van der Waals surface area contributed by atoms with E-state index in [1.807, 2.05) is 30.3 Å². The van der Waals surface area contributed by atoms with Gasteiger partial charge >= 0.3 is 0 Å². The molecule has 0 fully saturated rings. The molecule has 0 amide bonds. The summed E-state index contributed by atoms with van der Waals surface area (Å²) >= 11 is 0. The van der Waals surface area contributed by atoms with Gasteiger partial charge in [0.1, 0.15) is 22.3 Å². The molecule has 3 heterocycles. The first kappa shape index (κ1) is 30.8. The molecule has 0 aliphatic rings. The number of para-hydroxylation sites is 1. The third-order valence-electron chi connectivity index (χ3n) is 11.1. The van der Waals surface area contributed by atoms with Crippen LogP contribution >= 0.6 is 0 Å². The minimum Gasteiger partial charge on any atom is -0.456 e. The predicted molar refractivity (Wildman–Crippen MR) is 229 cm³/mol. The van der Waals surface area contributed by atoms with E-state index < -0.39 is 0 Å². The van der Waals surface area contributed by atoms with Crippen molar-refractivity contribution in [1.29, 1.82) is 0 Å². The lowest BCUT2D eigenvalue weighted by Crippen LogP contribution is -2.00. The lowest BCUT2D eigenvalue weighted by Gasteiger charge is -2.11. The Hall–Kier alpha value is -7.63. The normalized spacial score (nSPS) is 11.9. The van der Waals surface area contributed by atoms with Crippen molar-refractivity contribution in [3.8, 4) is 45.3 Å². The molecule has 0 saturated heterocycles. The highest BCUT2D eigenvalue weighted by Gasteiger charge is 2.19. The lowest BCUT2D eigenvalue weighted by atomic mass is 9.99. The maximum atomic E-state index is 6.52. The van der Waals surface area contributed by atoms with Gasteiger partial charge in [0.15, 0.2) is 17.5 Å². The Kier molecular flexibility index (Phi) is 6.56. The molecule has 0 unspecified atom stereocenters. The van der Waals surface area contributed by atoms with E-state index in [-0.39, 0.29) is 0 Å². The van der Waals surface area contributed by atoms with Gasteiger partial charge in [-0.1, -0.05) is 133 Å². The molecule has 12 aromatic rings. The standard InChI is InChI=1S/C51H29N3O2/c1-2-9-30(10-3-1)33-21-25-40-46(29-33)56-44-16-8-14-41(48(40)44)51-53-49(35-22-24-38-34(27-35)23-26-45-47(38)39-13-6-7-15-43(39)55-45)52-50(54-51)36-20-19-32-18-17-31-11-4-5-12-37(31)42(32)28-36/h1-29H. The van der Waals surface area contributed by atoms with Crippen molar-refractivity contribution in [1.82, 2.24) is 15.0 Å². The fourth-order valence-electron chi connectivity index (χ4n) is 8.41. The van der Waals surface area contributed by atoms with E-state index in [1.165, 1.54) is 16.2 Å². The summed E-state index contributed by atoms with van der Waals surface area (Å²) in [7, 11) is 0. The van der Waals surface area contributed by atoms with Crippen molar-refractivity contribution in [2.24, 2.45) is 0 Å². The van der Waals surface area contributed by atoms with Gasteiger partial charge in [-0.05, 0) is 85.9 Å². The van der Waals surface area contributed by atoms with Crippen LogP contribution in [0.15, 0.2) is 185 Å². The van der Waals surface area contributed by atoms with E-state index in [2.05, 4.69) is 146 Å². The van der Waals surface area contributed by atoms with E-state index in [1.54, 1.807) is 0 Å². The molecule has 0 aliphatic heterocycles. The van der Waals surface area contributed by atoms with E-state index in [0.29, 0.717) is 17.5 Å². The number of fused-ring (bicyclic) bond motifs is 11. The Morgan fingerprint density at radius 1 is 0.286 bits per heavy atom. The van der Waals surface area contributed by atoms with E-state index >= 15 is 0 Å². The van der Waals surface area contributed by atoms with Gasteiger partial charge in [-0.2, -0.15) is 0 Å². The third-order valence-corrected chi connectivity index (χ3v) is 11.1. The van der Waals surface area contributed by atoms with Gasteiger partial charge in [-0.3, -0.25) is 0 Å². The fraction of sp³-hybridized carbons (Fsp3) is 0. The van der Waals surface area contributed by atoms with Crippen LogP contribution in [-0.2, 0) is 0 Å². The number of furan rings is 2. The summed E-state index contributed by atoms with van der Waals surface area (Å²) in [5.74, 6) is 1.78. The maximum Gasteiger partial charge on any atom is 0.164 e. The van der Waals surface area contributed by atoms with Crippen molar-refractivity contribution in [2.45, 2.75) is 0 Å². The zero-order valence-electron chi connectivity index (χ0n) is 29.9. The number of rotatable bonds is 4. The molecule has 0 radical (unpaired) electrons. The smallest absolute Gasteiger partial charge is 0.164 e. The molecular formula is C51H29N3O2. The molecule has 56 heavy (non-hydrogen) atoms. The highest BCUT2D eigenvalue weighted by atomic mass is 16.3. The van der Waals surface area contributed by atoms with Crippen LogP contribution in [0.4, 0.5) is 0 Å². The molecular weight excluding hydrogens is 687 g/mol. The molecule has 0 saturated carbocycles. The van der Waals surface area contributed by atoms with Crippen LogP contribution in [0, 0.1) is 0 Å². The molecule has 5 nitrogen and oxygen atoms in total. The fourth-order valence-corrected chi connectivity index (χ4v) is 8.41. The van der Waals surface area contributed by atoms with Gasteiger partial charge < -0.3 is 8.83 Å². The van der Waals surface area contributed by atoms with Gasteiger partial charge in [0, 0.05) is 38.2 Å². The lowest BCUT2D eigenvalue weighted by molar-refractivity contribution is 0.669. The van der Waals surface area contributed by atoms with Crippen molar-refractivity contribution in [2.75, 3.05) is 0 Å². The summed E-state index contributed by atoms with van der Waals surface area (Å²) < 4.78 is 12.7. The van der Waals surface area contributed by atoms with Gasteiger partial charge in [-0.25, -0.2) is 15.0 Å². The van der Waals surface area contributed by atoms with E-state index in [0.717, 1.165) is 87.9 Å². The summed E-state index contributed by atoms with van der Waals surface area (Å²) in [6, 6.07) is 61.0. The number of nitrogens with zero attached hydrogens (tertiary/aromatic N) is 3. The first-order chi connectivity index (χ1) is 27.7. The third kappa shape index (κ3) is 4.78. The second-order valence-electron chi connectivity index (χ2n) is 14.4. The highest BCUT2D eigenvalue weighted by Crippen LogP contribution is 2.40. The number of hydrogen-bond donors (Lipinski definition) is 0. The second-order valence-corrected chi connectivity index (χ2v) is 14.4. The Morgan fingerprint density at radius 2 is 0.893 bits per heavy atom. The SMILES string of the molecule is c1ccc(-c2ccc3c(c2)oc2cccc(-c4nc(-c5ccc6c(ccc7oc8ccccc8c76)c5)nc(-c5ccc6ccc7ccccc7c6c5)n4)c23)cc1. The van der Waals surface area contributed by atoms with Crippen LogP contribution in [0.3, 0.4) is 0 Å². The zero-order valence-corrected chi connectivity index (χ0v) is 29.9. The van der Waals surface area contributed by atoms with E-state index in [4.69, 9.17) is 23.8 Å². The van der Waals surface area contributed by atoms with Crippen LogP contribution < -0.4 is 0 Å². The monoisotopic (exact) mass is 715 g/mol. The van der Waals surface area contributed by atoms with Crippen LogP contribution in [0.25, 0.3) is 121 Å². The molecule has 0 N–H and O–H groups in total. The topological polar surface area (TPSA) is 65.0 Å². The average Bonchev–Trinajstić information content (AvgIpc) is 3.84. The van der Waals surface area contributed by atoms with Gasteiger partial charge in [0.05, 0.1) is 0 Å². The van der Waals surface area contributed by atoms with E-state index in [9.17, 15) is 0 Å². The average molecular weight is 716 g/mol. The summed E-state index contributed by atoms with van der Waals surface area (Å²) in [6.45, 7) is 0. The second kappa shape index (κ2) is 11.9. The van der Waals surface area contributed by atoms with Crippen LogP contribution in [-0.4, -0.2) is 15.0 Å². The first-order valence-electron chi connectivity index (χ1n) is 18.8. The first-order valence-corrected chi connectivity index (χ1v) is 18.8. The van der Waals surface area contributed by atoms with Gasteiger partial charge in [-0.15, -0.1) is 0 Å². The van der Waals surface area contributed by atoms with Crippen LogP contribution in [0.5, 0.6) is 0 Å². The molecule has 0 spiro atoms. The Balaban J connectivity index is 1.08. The number of aromatic nitrogens is 3. The van der Waals surface area contributed by atoms with Crippen molar-refractivity contribution in [3.63, 3.8) is 0 Å². The predicted octanol–water partition coefficient (Wildman–Crippen LogP) is 13.8. The largest absolute Gasteiger partial charge is 0.456 e. The van der Waals surface area contributed by atoms with Crippen LogP contribution in [0.1, 0.15) is 0 Å².